The maximum absolute atomic E-state index is 11.8. The molecule has 1 saturated heterocycles. The number of fused-ring (bicyclic) bond motifs is 1. The number of ether oxygens (including phenoxy) is 2. The van der Waals surface area contributed by atoms with Crippen molar-refractivity contribution in [2.75, 3.05) is 7.11 Å². The molecule has 18 heavy (non-hydrogen) atoms. The predicted molar refractivity (Wildman–Crippen MR) is 69.5 cm³/mol. The number of epoxide rings is 1. The van der Waals surface area contributed by atoms with Crippen LogP contribution in [-0.2, 0) is 14.3 Å². The van der Waals surface area contributed by atoms with Gasteiger partial charge in [-0.2, -0.15) is 0 Å². The molecule has 3 atom stereocenters. The molecule has 0 radical (unpaired) electrons. The van der Waals surface area contributed by atoms with Crippen LogP contribution in [0, 0.1) is 11.5 Å². The average Bonchev–Trinajstić information content (AvgIpc) is 3.01. The van der Waals surface area contributed by atoms with Crippen LogP contribution in [0.1, 0.15) is 19.3 Å². The van der Waals surface area contributed by atoms with Gasteiger partial charge in [-0.25, -0.2) is 4.79 Å². The van der Waals surface area contributed by atoms with Gasteiger partial charge in [-0.05, 0) is 19.3 Å². The van der Waals surface area contributed by atoms with E-state index in [2.05, 4.69) is 31.1 Å². The number of rotatable bonds is 1. The summed E-state index contributed by atoms with van der Waals surface area (Å²) in [5, 5.41) is 10.6. The van der Waals surface area contributed by atoms with Crippen molar-refractivity contribution in [3.8, 4) is 11.5 Å². The minimum atomic E-state index is -1.60. The summed E-state index contributed by atoms with van der Waals surface area (Å²) in [7, 11) is -0.290. The Morgan fingerprint density at radius 3 is 2.72 bits per heavy atom. The van der Waals surface area contributed by atoms with Gasteiger partial charge in [-0.3, -0.25) is 0 Å². The molecular weight excluding hydrogens is 248 g/mol. The molecule has 0 aromatic carbocycles. The molecule has 2 aliphatic rings. The summed E-state index contributed by atoms with van der Waals surface area (Å²) in [6.07, 6.45) is 1.84. The normalized spacial score (nSPS) is 38.2. The fourth-order valence-corrected chi connectivity index (χ4v) is 3.02. The van der Waals surface area contributed by atoms with Crippen LogP contribution >= 0.6 is 0 Å². The van der Waals surface area contributed by atoms with Gasteiger partial charge in [-0.1, -0.05) is 25.6 Å². The number of aliphatic hydroxyl groups is 1. The molecule has 1 N–H and O–H groups in total. The third kappa shape index (κ3) is 1.98. The lowest BCUT2D eigenvalue weighted by Gasteiger charge is -2.31. The van der Waals surface area contributed by atoms with E-state index < -0.39 is 25.2 Å². The van der Waals surface area contributed by atoms with E-state index in [9.17, 15) is 9.90 Å². The largest absolute Gasteiger partial charge is 0.467 e. The third-order valence-electron chi connectivity index (χ3n) is 3.49. The van der Waals surface area contributed by atoms with Gasteiger partial charge in [0.25, 0.3) is 0 Å². The molecule has 1 aliphatic heterocycles. The lowest BCUT2D eigenvalue weighted by Crippen LogP contribution is -2.55. The summed E-state index contributed by atoms with van der Waals surface area (Å²) in [4.78, 5) is 11.8. The first kappa shape index (κ1) is 13.6. The fraction of sp³-hybridized carbons (Fsp3) is 0.769. The highest BCUT2D eigenvalue weighted by Gasteiger charge is 2.73. The number of hydrogen-bond acceptors (Lipinski definition) is 4. The van der Waals surface area contributed by atoms with Crippen LogP contribution in [0.3, 0.4) is 0 Å². The van der Waals surface area contributed by atoms with Gasteiger partial charge in [-0.15, -0.1) is 5.54 Å². The Morgan fingerprint density at radius 1 is 1.50 bits per heavy atom. The number of carbonyl (C=O) groups is 1. The zero-order chi connectivity index (χ0) is 13.6. The molecule has 0 aromatic heterocycles. The van der Waals surface area contributed by atoms with Crippen molar-refractivity contribution < 1.29 is 19.4 Å². The molecule has 5 heteroatoms. The SMILES string of the molecule is COC(=O)[C@]1(O)CCC[C@@H]2O[C@]21C#C[Si](C)(C)C. The van der Waals surface area contributed by atoms with Crippen LogP contribution in [-0.4, -0.2) is 43.6 Å². The lowest BCUT2D eigenvalue weighted by molar-refractivity contribution is -0.169. The Kier molecular flexibility index (Phi) is 3.09. The molecule has 4 nitrogen and oxygen atoms in total. The molecule has 0 aromatic rings. The first-order valence-electron chi connectivity index (χ1n) is 6.28. The van der Waals surface area contributed by atoms with Crippen molar-refractivity contribution in [3.63, 3.8) is 0 Å². The summed E-state index contributed by atoms with van der Waals surface area (Å²) >= 11 is 0. The molecule has 0 unspecified atom stereocenters. The molecule has 0 spiro atoms. The lowest BCUT2D eigenvalue weighted by atomic mass is 9.75. The van der Waals surface area contributed by atoms with E-state index in [1.165, 1.54) is 7.11 Å². The van der Waals surface area contributed by atoms with Crippen molar-refractivity contribution >= 4 is 14.0 Å². The summed E-state index contributed by atoms with van der Waals surface area (Å²) in [6, 6.07) is 0. The Hall–Kier alpha value is -0.833. The minimum Gasteiger partial charge on any atom is -0.467 e. The van der Waals surface area contributed by atoms with E-state index in [1.54, 1.807) is 0 Å². The Balaban J connectivity index is 2.35. The summed E-state index contributed by atoms with van der Waals surface area (Å²) in [6.45, 7) is 6.36. The van der Waals surface area contributed by atoms with Gasteiger partial charge in [0.2, 0.25) is 5.60 Å². The topological polar surface area (TPSA) is 59.1 Å². The number of esters is 1. The Labute approximate surface area is 109 Å². The maximum Gasteiger partial charge on any atom is 0.342 e. The van der Waals surface area contributed by atoms with Gasteiger partial charge in [0.05, 0.1) is 7.11 Å². The van der Waals surface area contributed by atoms with Gasteiger partial charge in [0.15, 0.2) is 5.60 Å². The highest BCUT2D eigenvalue weighted by molar-refractivity contribution is 6.83. The smallest absolute Gasteiger partial charge is 0.342 e. The average molecular weight is 268 g/mol. The summed E-state index contributed by atoms with van der Waals surface area (Å²) in [5.74, 6) is 2.43. The molecule has 1 saturated carbocycles. The van der Waals surface area contributed by atoms with Gasteiger partial charge in [0, 0.05) is 0 Å². The number of hydrogen-bond donors (Lipinski definition) is 1. The fourth-order valence-electron chi connectivity index (χ4n) is 2.46. The van der Waals surface area contributed by atoms with Crippen molar-refractivity contribution in [3.05, 3.63) is 0 Å². The van der Waals surface area contributed by atoms with Crippen LogP contribution in [0.4, 0.5) is 0 Å². The molecule has 2 fully saturated rings. The number of methoxy groups -OCH3 is 1. The molecule has 2 rings (SSSR count). The van der Waals surface area contributed by atoms with E-state index in [4.69, 9.17) is 9.47 Å². The zero-order valence-corrected chi connectivity index (χ0v) is 12.4. The van der Waals surface area contributed by atoms with E-state index in [0.717, 1.165) is 12.8 Å². The molecule has 0 amide bonds. The summed E-state index contributed by atoms with van der Waals surface area (Å²) in [5.41, 5.74) is 0.589. The second-order valence-corrected chi connectivity index (χ2v) is 10.8. The number of carbonyl (C=O) groups excluding carboxylic acids is 1. The first-order chi connectivity index (χ1) is 8.25. The highest BCUT2D eigenvalue weighted by Crippen LogP contribution is 2.53. The zero-order valence-electron chi connectivity index (χ0n) is 11.4. The van der Waals surface area contributed by atoms with Crippen LogP contribution in [0.25, 0.3) is 0 Å². The molecule has 100 valence electrons. The third-order valence-corrected chi connectivity index (χ3v) is 4.36. The highest BCUT2D eigenvalue weighted by atomic mass is 28.3. The Morgan fingerprint density at radius 2 is 2.17 bits per heavy atom. The predicted octanol–water partition coefficient (Wildman–Crippen LogP) is 1.09. The molecular formula is C13H20O4Si. The Bertz CT molecular complexity index is 430. The van der Waals surface area contributed by atoms with Crippen molar-refractivity contribution in [1.82, 2.24) is 0 Å². The van der Waals surface area contributed by atoms with E-state index in [1.807, 2.05) is 0 Å². The van der Waals surface area contributed by atoms with E-state index >= 15 is 0 Å². The van der Waals surface area contributed by atoms with Crippen molar-refractivity contribution in [2.45, 2.75) is 56.2 Å². The molecule has 0 bridgehead atoms. The second-order valence-electron chi connectivity index (χ2n) is 6.09. The van der Waals surface area contributed by atoms with Gasteiger partial charge >= 0.3 is 5.97 Å². The first-order valence-corrected chi connectivity index (χ1v) is 9.78. The van der Waals surface area contributed by atoms with Crippen LogP contribution in [0.2, 0.25) is 19.6 Å². The van der Waals surface area contributed by atoms with Crippen LogP contribution in [0.5, 0.6) is 0 Å². The van der Waals surface area contributed by atoms with Gasteiger partial charge < -0.3 is 14.6 Å². The quantitative estimate of drug-likeness (QED) is 0.335. The maximum atomic E-state index is 11.8. The van der Waals surface area contributed by atoms with Crippen LogP contribution < -0.4 is 0 Å². The molecule has 1 heterocycles. The summed E-state index contributed by atoms with van der Waals surface area (Å²) < 4.78 is 10.3. The standard InChI is InChI=1S/C13H20O4Si/c1-16-11(14)12(15)7-5-6-10-13(12,17-10)8-9-18(2,3)4/h10,15H,5-7H2,1-4H3/t10-,12+,13+/m0/s1. The van der Waals surface area contributed by atoms with Crippen molar-refractivity contribution in [2.24, 2.45) is 0 Å². The monoisotopic (exact) mass is 268 g/mol. The van der Waals surface area contributed by atoms with E-state index in [-0.39, 0.29) is 6.10 Å². The van der Waals surface area contributed by atoms with Crippen molar-refractivity contribution in [1.29, 1.82) is 0 Å². The molecule has 1 aliphatic carbocycles. The second kappa shape index (κ2) is 4.09. The minimum absolute atomic E-state index is 0.126. The van der Waals surface area contributed by atoms with Crippen LogP contribution in [0.15, 0.2) is 0 Å². The van der Waals surface area contributed by atoms with Gasteiger partial charge in [0.1, 0.15) is 14.2 Å². The van der Waals surface area contributed by atoms with E-state index in [0.29, 0.717) is 6.42 Å².